The molecule has 2 heterocycles. The molecule has 0 saturated heterocycles. The first-order valence-corrected chi connectivity index (χ1v) is 14.9. The van der Waals surface area contributed by atoms with Gasteiger partial charge in [-0.15, -0.1) is 11.3 Å². The number of thiophene rings is 1. The van der Waals surface area contributed by atoms with E-state index in [9.17, 15) is 4.79 Å². The smallest absolute Gasteiger partial charge is 0.259 e. The molecule has 2 aromatic heterocycles. The van der Waals surface area contributed by atoms with Crippen LogP contribution in [-0.4, -0.2) is 24.2 Å². The molecule has 0 spiro atoms. The molecule has 0 unspecified atom stereocenters. The number of methoxy groups -OCH3 is 1. The van der Waals surface area contributed by atoms with E-state index in [0.717, 1.165) is 69.0 Å². The molecule has 1 aliphatic rings. The van der Waals surface area contributed by atoms with Gasteiger partial charge in [0.2, 0.25) is 0 Å². The molecule has 0 bridgehead atoms. The van der Waals surface area contributed by atoms with Crippen molar-refractivity contribution < 1.29 is 9.53 Å². The maximum Gasteiger partial charge on any atom is 0.259 e. The summed E-state index contributed by atoms with van der Waals surface area (Å²) in [6.45, 7) is 6.94. The summed E-state index contributed by atoms with van der Waals surface area (Å²) in [6.07, 6.45) is 4.85. The molecule has 1 aliphatic carbocycles. The molecule has 41 heavy (non-hydrogen) atoms. The normalized spacial score (nSPS) is 15.3. The molecule has 5 nitrogen and oxygen atoms in total. The van der Waals surface area contributed by atoms with E-state index in [1.807, 2.05) is 66.9 Å². The molecule has 1 atom stereocenters. The number of H-pyrrole nitrogens is 1. The Labute approximate surface area is 245 Å². The third kappa shape index (κ3) is 5.32. The van der Waals surface area contributed by atoms with Crippen LogP contribution in [0.4, 0.5) is 10.7 Å². The lowest BCUT2D eigenvalue weighted by Crippen LogP contribution is -2.27. The average molecular weight is 562 g/mol. The van der Waals surface area contributed by atoms with Crippen LogP contribution < -0.4 is 10.1 Å². The minimum absolute atomic E-state index is 0.0982. The van der Waals surface area contributed by atoms with Crippen LogP contribution in [0.1, 0.15) is 53.6 Å². The van der Waals surface area contributed by atoms with Gasteiger partial charge in [-0.3, -0.25) is 4.79 Å². The summed E-state index contributed by atoms with van der Waals surface area (Å²) >= 11 is 1.66. The lowest BCUT2D eigenvalue weighted by atomic mass is 9.72. The number of para-hydroxylation sites is 2. The largest absolute Gasteiger partial charge is 0.495 e. The van der Waals surface area contributed by atoms with Gasteiger partial charge < -0.3 is 15.0 Å². The van der Waals surface area contributed by atoms with Crippen LogP contribution in [0.2, 0.25) is 0 Å². The number of nitrogens with zero attached hydrogens (tertiary/aromatic N) is 1. The van der Waals surface area contributed by atoms with Crippen molar-refractivity contribution in [2.45, 2.75) is 40.0 Å². The molecule has 208 valence electrons. The van der Waals surface area contributed by atoms with Crippen LogP contribution in [0.25, 0.3) is 22.2 Å². The second kappa shape index (κ2) is 11.0. The highest BCUT2D eigenvalue weighted by Gasteiger charge is 2.33. The fraction of sp³-hybridized carbons (Fsp3) is 0.257. The van der Waals surface area contributed by atoms with Gasteiger partial charge in [-0.25, -0.2) is 4.99 Å². The molecule has 0 fully saturated rings. The Morgan fingerprint density at radius 2 is 1.76 bits per heavy atom. The first-order valence-electron chi connectivity index (χ1n) is 14.1. The third-order valence-electron chi connectivity index (χ3n) is 8.16. The number of nitrogens with one attached hydrogen (secondary N) is 2. The number of aliphatic imine (C=N–C) groups is 1. The predicted molar refractivity (Wildman–Crippen MR) is 171 cm³/mol. The lowest BCUT2D eigenvalue weighted by Gasteiger charge is -2.33. The first-order chi connectivity index (χ1) is 19.8. The number of rotatable bonds is 6. The van der Waals surface area contributed by atoms with Crippen LogP contribution in [0, 0.1) is 11.3 Å². The van der Waals surface area contributed by atoms with Crippen LogP contribution in [-0.2, 0) is 12.8 Å². The van der Waals surface area contributed by atoms with Gasteiger partial charge in [0.05, 0.1) is 23.9 Å². The zero-order valence-corrected chi connectivity index (χ0v) is 24.8. The number of carbonyl (C=O) groups is 1. The SMILES string of the molecule is COc1cccc2c(C=Nc3sc4c(c3C(=O)Nc3ccccc3)CC[C@H](C(C)(C)C)C4)c(-c3ccccc3)[nH]c12. The zero-order chi connectivity index (χ0) is 28.6. The number of aromatic amines is 1. The summed E-state index contributed by atoms with van der Waals surface area (Å²) in [4.78, 5) is 23.7. The quantitative estimate of drug-likeness (QED) is 0.203. The number of carbonyl (C=O) groups excluding carboxylic acids is 1. The molecule has 0 aliphatic heterocycles. The fourth-order valence-corrected chi connectivity index (χ4v) is 7.09. The lowest BCUT2D eigenvalue weighted by molar-refractivity contribution is 0.102. The van der Waals surface area contributed by atoms with Gasteiger partial charge in [-0.05, 0) is 59.9 Å². The monoisotopic (exact) mass is 561 g/mol. The third-order valence-corrected chi connectivity index (χ3v) is 9.32. The molecule has 0 saturated carbocycles. The Hall–Kier alpha value is -4.16. The van der Waals surface area contributed by atoms with Crippen molar-refractivity contribution in [1.82, 2.24) is 4.98 Å². The molecule has 2 N–H and O–H groups in total. The maximum absolute atomic E-state index is 13.8. The molecule has 3 aromatic carbocycles. The van der Waals surface area contributed by atoms with Crippen LogP contribution in [0.3, 0.4) is 0 Å². The fourth-order valence-electron chi connectivity index (χ4n) is 5.82. The maximum atomic E-state index is 13.8. The van der Waals surface area contributed by atoms with Crippen molar-refractivity contribution in [3.8, 4) is 17.0 Å². The molecular formula is C35H35N3O2S. The summed E-state index contributed by atoms with van der Waals surface area (Å²) in [5.74, 6) is 1.25. The van der Waals surface area contributed by atoms with Crippen molar-refractivity contribution in [3.63, 3.8) is 0 Å². The van der Waals surface area contributed by atoms with E-state index >= 15 is 0 Å². The van der Waals surface area contributed by atoms with E-state index in [-0.39, 0.29) is 11.3 Å². The van der Waals surface area contributed by atoms with Crippen LogP contribution >= 0.6 is 11.3 Å². The first kappa shape index (κ1) is 27.0. The number of ether oxygens (including phenoxy) is 1. The van der Waals surface area contributed by atoms with E-state index in [1.54, 1.807) is 18.4 Å². The topological polar surface area (TPSA) is 66.5 Å². The molecule has 5 aromatic rings. The Morgan fingerprint density at radius 1 is 1.02 bits per heavy atom. The summed E-state index contributed by atoms with van der Waals surface area (Å²) < 4.78 is 5.67. The molecule has 1 amide bonds. The van der Waals surface area contributed by atoms with Crippen LogP contribution in [0.15, 0.2) is 83.9 Å². The summed E-state index contributed by atoms with van der Waals surface area (Å²) in [6, 6.07) is 25.9. The van der Waals surface area contributed by atoms with Gasteiger partial charge >= 0.3 is 0 Å². The van der Waals surface area contributed by atoms with Crippen molar-refractivity contribution in [2.24, 2.45) is 16.3 Å². The van der Waals surface area contributed by atoms with Crippen molar-refractivity contribution >= 4 is 45.0 Å². The zero-order valence-electron chi connectivity index (χ0n) is 24.0. The average Bonchev–Trinajstić information content (AvgIpc) is 3.54. The van der Waals surface area contributed by atoms with E-state index in [1.165, 1.54) is 4.88 Å². The second-order valence-electron chi connectivity index (χ2n) is 11.7. The number of anilines is 1. The number of benzene rings is 3. The highest BCUT2D eigenvalue weighted by molar-refractivity contribution is 7.16. The van der Waals surface area contributed by atoms with Crippen molar-refractivity contribution in [2.75, 3.05) is 12.4 Å². The van der Waals surface area contributed by atoms with Gasteiger partial charge in [0.1, 0.15) is 10.8 Å². The van der Waals surface area contributed by atoms with Crippen molar-refractivity contribution in [3.05, 3.63) is 100 Å². The number of hydrogen-bond acceptors (Lipinski definition) is 4. The summed E-state index contributed by atoms with van der Waals surface area (Å²) in [5, 5.41) is 4.91. The molecule has 6 heteroatoms. The number of fused-ring (bicyclic) bond motifs is 2. The minimum Gasteiger partial charge on any atom is -0.495 e. The van der Waals surface area contributed by atoms with E-state index in [4.69, 9.17) is 9.73 Å². The predicted octanol–water partition coefficient (Wildman–Crippen LogP) is 9.06. The molecular weight excluding hydrogens is 526 g/mol. The number of hydrogen-bond donors (Lipinski definition) is 2. The van der Waals surface area contributed by atoms with Crippen molar-refractivity contribution in [1.29, 1.82) is 0 Å². The Bertz CT molecular complexity index is 1730. The van der Waals surface area contributed by atoms with Gasteiger partial charge in [0.25, 0.3) is 5.91 Å². The Kier molecular flexibility index (Phi) is 7.26. The number of amides is 1. The Balaban J connectivity index is 1.47. The second-order valence-corrected chi connectivity index (χ2v) is 12.8. The van der Waals surface area contributed by atoms with E-state index < -0.39 is 0 Å². The molecule has 6 rings (SSSR count). The number of aromatic nitrogens is 1. The minimum atomic E-state index is -0.0982. The van der Waals surface area contributed by atoms with Crippen LogP contribution in [0.5, 0.6) is 5.75 Å². The van der Waals surface area contributed by atoms with E-state index in [0.29, 0.717) is 11.5 Å². The van der Waals surface area contributed by atoms with Gasteiger partial charge in [-0.1, -0.05) is 81.4 Å². The van der Waals surface area contributed by atoms with Gasteiger partial charge in [-0.2, -0.15) is 0 Å². The summed E-state index contributed by atoms with van der Waals surface area (Å²) in [7, 11) is 1.68. The highest BCUT2D eigenvalue weighted by Crippen LogP contribution is 2.45. The Morgan fingerprint density at radius 3 is 2.46 bits per heavy atom. The molecule has 0 radical (unpaired) electrons. The summed E-state index contributed by atoms with van der Waals surface area (Å²) in [5.41, 5.74) is 6.79. The highest BCUT2D eigenvalue weighted by atomic mass is 32.1. The standard InChI is InChI=1S/C35H35N3O2S/c1-35(2,3)23-18-19-26-29(20-23)41-34(30(26)33(39)37-24-14-9-6-10-15-24)36-21-27-25-16-11-17-28(40-4)32(25)38-31(27)22-12-7-5-8-13-22/h5-17,21,23,38H,18-20H2,1-4H3,(H,37,39)/t23-/m0/s1. The van der Waals surface area contributed by atoms with Gasteiger partial charge in [0, 0.05) is 27.7 Å². The van der Waals surface area contributed by atoms with Gasteiger partial charge in [0.15, 0.2) is 0 Å². The van der Waals surface area contributed by atoms with E-state index in [2.05, 4.69) is 49.3 Å².